The second-order valence-corrected chi connectivity index (χ2v) is 11.1. The molecule has 0 bridgehead atoms. The fourth-order valence-electron chi connectivity index (χ4n) is 3.97. The zero-order valence-corrected chi connectivity index (χ0v) is 23.1. The largest absolute Gasteiger partial charge is 0.357 e. The standard InChI is InChI=1S/C27H29Cl2N3O4S/c1-4-24(27(34)30-3)31(17-20-13-15-21(28)16-14-20)26(33)18-32(25-12-8-11-23(29)19(25)2)37(35,36)22-9-6-5-7-10-22/h5-16,24H,4,17-18H2,1-3H3,(H,30,34)/t24-/m1/s1. The van der Waals surface area contributed by atoms with E-state index in [1.54, 1.807) is 74.5 Å². The summed E-state index contributed by atoms with van der Waals surface area (Å²) < 4.78 is 28.6. The Morgan fingerprint density at radius 1 is 0.946 bits per heavy atom. The minimum absolute atomic E-state index is 0.0322. The molecule has 0 saturated carbocycles. The quantitative estimate of drug-likeness (QED) is 0.375. The Bertz CT molecular complexity index is 1350. The molecule has 3 aromatic rings. The van der Waals surface area contributed by atoms with E-state index < -0.39 is 28.5 Å². The minimum Gasteiger partial charge on any atom is -0.357 e. The smallest absolute Gasteiger partial charge is 0.264 e. The van der Waals surface area contributed by atoms with Crippen LogP contribution in [0.4, 0.5) is 5.69 Å². The number of carbonyl (C=O) groups is 2. The molecule has 37 heavy (non-hydrogen) atoms. The number of carbonyl (C=O) groups excluding carboxylic acids is 2. The normalized spacial score (nSPS) is 12.0. The molecule has 196 valence electrons. The van der Waals surface area contributed by atoms with E-state index in [1.807, 2.05) is 0 Å². The summed E-state index contributed by atoms with van der Waals surface area (Å²) in [6, 6.07) is 18.9. The van der Waals surface area contributed by atoms with Gasteiger partial charge in [0.25, 0.3) is 10.0 Å². The highest BCUT2D eigenvalue weighted by molar-refractivity contribution is 7.92. The SMILES string of the molecule is CC[C@H](C(=O)NC)N(Cc1ccc(Cl)cc1)C(=O)CN(c1cccc(Cl)c1C)S(=O)(=O)c1ccccc1. The summed E-state index contributed by atoms with van der Waals surface area (Å²) in [5, 5.41) is 3.51. The van der Waals surface area contributed by atoms with Crippen molar-refractivity contribution in [1.29, 1.82) is 0 Å². The van der Waals surface area contributed by atoms with Crippen molar-refractivity contribution in [2.75, 3.05) is 17.9 Å². The van der Waals surface area contributed by atoms with E-state index in [2.05, 4.69) is 5.32 Å². The highest BCUT2D eigenvalue weighted by atomic mass is 35.5. The molecule has 1 atom stereocenters. The van der Waals surface area contributed by atoms with E-state index in [0.717, 1.165) is 9.87 Å². The molecular formula is C27H29Cl2N3O4S. The zero-order chi connectivity index (χ0) is 27.2. The van der Waals surface area contributed by atoms with Gasteiger partial charge in [0.15, 0.2) is 0 Å². The van der Waals surface area contributed by atoms with Gasteiger partial charge in [-0.15, -0.1) is 0 Å². The fourth-order valence-corrected chi connectivity index (χ4v) is 5.76. The lowest BCUT2D eigenvalue weighted by molar-refractivity contribution is -0.140. The van der Waals surface area contributed by atoms with Crippen molar-refractivity contribution in [3.05, 3.63) is 94.0 Å². The maximum Gasteiger partial charge on any atom is 0.264 e. The lowest BCUT2D eigenvalue weighted by atomic mass is 10.1. The van der Waals surface area contributed by atoms with Crippen LogP contribution in [-0.4, -0.2) is 44.8 Å². The van der Waals surface area contributed by atoms with Gasteiger partial charge < -0.3 is 10.2 Å². The highest BCUT2D eigenvalue weighted by Gasteiger charge is 2.34. The molecular weight excluding hydrogens is 533 g/mol. The van der Waals surface area contributed by atoms with Crippen LogP contribution in [0.1, 0.15) is 24.5 Å². The van der Waals surface area contributed by atoms with Crippen LogP contribution < -0.4 is 9.62 Å². The Hall–Kier alpha value is -3.07. The van der Waals surface area contributed by atoms with Crippen LogP contribution >= 0.6 is 23.2 Å². The number of benzene rings is 3. The maximum atomic E-state index is 13.9. The summed E-state index contributed by atoms with van der Waals surface area (Å²) in [7, 11) is -2.65. The van der Waals surface area contributed by atoms with Crippen molar-refractivity contribution in [2.24, 2.45) is 0 Å². The van der Waals surface area contributed by atoms with Gasteiger partial charge in [0.05, 0.1) is 10.6 Å². The van der Waals surface area contributed by atoms with Crippen molar-refractivity contribution >= 4 is 50.7 Å². The number of hydrogen-bond donors (Lipinski definition) is 1. The summed E-state index contributed by atoms with van der Waals surface area (Å²) in [6.45, 7) is 3.05. The second kappa shape index (κ2) is 12.4. The van der Waals surface area contributed by atoms with Crippen LogP contribution in [-0.2, 0) is 26.2 Å². The van der Waals surface area contributed by atoms with Crippen LogP contribution in [0.15, 0.2) is 77.7 Å². The molecule has 0 aliphatic carbocycles. The lowest BCUT2D eigenvalue weighted by Crippen LogP contribution is -2.51. The molecule has 0 fully saturated rings. The van der Waals surface area contributed by atoms with Gasteiger partial charge in [0.2, 0.25) is 11.8 Å². The molecule has 0 aliphatic rings. The van der Waals surface area contributed by atoms with Crippen LogP contribution in [0, 0.1) is 6.92 Å². The van der Waals surface area contributed by atoms with Gasteiger partial charge in [-0.1, -0.05) is 66.5 Å². The molecule has 10 heteroatoms. The molecule has 3 rings (SSSR count). The molecule has 0 radical (unpaired) electrons. The van der Waals surface area contributed by atoms with Gasteiger partial charge in [-0.2, -0.15) is 0 Å². The first kappa shape index (κ1) is 28.5. The third-order valence-electron chi connectivity index (χ3n) is 6.02. The first-order valence-electron chi connectivity index (χ1n) is 11.7. The van der Waals surface area contributed by atoms with Gasteiger partial charge in [0.1, 0.15) is 12.6 Å². The number of sulfonamides is 1. The first-order valence-corrected chi connectivity index (χ1v) is 13.9. The number of rotatable bonds is 10. The Morgan fingerprint density at radius 3 is 2.19 bits per heavy atom. The molecule has 0 spiro atoms. The second-order valence-electron chi connectivity index (χ2n) is 8.40. The van der Waals surface area contributed by atoms with E-state index in [0.29, 0.717) is 22.0 Å². The van der Waals surface area contributed by atoms with Crippen molar-refractivity contribution in [3.8, 4) is 0 Å². The van der Waals surface area contributed by atoms with Gasteiger partial charge in [0, 0.05) is 23.6 Å². The topological polar surface area (TPSA) is 86.8 Å². The van der Waals surface area contributed by atoms with Gasteiger partial charge >= 0.3 is 0 Å². The Balaban J connectivity index is 2.09. The Morgan fingerprint density at radius 2 is 1.59 bits per heavy atom. The third kappa shape index (κ3) is 6.63. The van der Waals surface area contributed by atoms with E-state index >= 15 is 0 Å². The van der Waals surface area contributed by atoms with Crippen LogP contribution in [0.3, 0.4) is 0 Å². The summed E-state index contributed by atoms with van der Waals surface area (Å²) in [5.41, 5.74) is 1.54. The molecule has 7 nitrogen and oxygen atoms in total. The fraction of sp³-hybridized carbons (Fsp3) is 0.259. The van der Waals surface area contributed by atoms with Gasteiger partial charge in [-0.3, -0.25) is 13.9 Å². The molecule has 0 aliphatic heterocycles. The number of amides is 2. The molecule has 0 heterocycles. The lowest BCUT2D eigenvalue weighted by Gasteiger charge is -2.33. The Kier molecular flexibility index (Phi) is 9.59. The summed E-state index contributed by atoms with van der Waals surface area (Å²) in [5.74, 6) is -0.884. The summed E-state index contributed by atoms with van der Waals surface area (Å²) in [6.07, 6.45) is 0.334. The third-order valence-corrected chi connectivity index (χ3v) is 8.45. The van der Waals surface area contributed by atoms with Crippen molar-refractivity contribution < 1.29 is 18.0 Å². The number of hydrogen-bond acceptors (Lipinski definition) is 4. The molecule has 2 amide bonds. The van der Waals surface area contributed by atoms with E-state index in [1.165, 1.54) is 24.1 Å². The zero-order valence-electron chi connectivity index (χ0n) is 20.8. The molecule has 1 N–H and O–H groups in total. The van der Waals surface area contributed by atoms with Gasteiger partial charge in [-0.25, -0.2) is 8.42 Å². The molecule has 0 aromatic heterocycles. The number of anilines is 1. The predicted molar refractivity (Wildman–Crippen MR) is 147 cm³/mol. The minimum atomic E-state index is -4.15. The molecule has 0 unspecified atom stereocenters. The molecule has 0 saturated heterocycles. The van der Waals surface area contributed by atoms with Crippen LogP contribution in [0.5, 0.6) is 0 Å². The van der Waals surface area contributed by atoms with E-state index in [-0.39, 0.29) is 23.0 Å². The van der Waals surface area contributed by atoms with Crippen LogP contribution in [0.25, 0.3) is 0 Å². The average molecular weight is 563 g/mol. The van der Waals surface area contributed by atoms with Gasteiger partial charge in [-0.05, 0) is 60.9 Å². The summed E-state index contributed by atoms with van der Waals surface area (Å²) >= 11 is 12.3. The van der Waals surface area contributed by atoms with Crippen molar-refractivity contribution in [3.63, 3.8) is 0 Å². The first-order chi connectivity index (χ1) is 17.6. The predicted octanol–water partition coefficient (Wildman–Crippen LogP) is 5.05. The number of nitrogens with zero attached hydrogens (tertiary/aromatic N) is 2. The highest BCUT2D eigenvalue weighted by Crippen LogP contribution is 2.31. The van der Waals surface area contributed by atoms with E-state index in [4.69, 9.17) is 23.2 Å². The maximum absolute atomic E-state index is 13.9. The number of halogens is 2. The van der Waals surface area contributed by atoms with Crippen LogP contribution in [0.2, 0.25) is 10.0 Å². The number of nitrogens with one attached hydrogen (secondary N) is 1. The Labute approximate surface area is 228 Å². The molecule has 3 aromatic carbocycles. The summed E-state index contributed by atoms with van der Waals surface area (Å²) in [4.78, 5) is 28.0. The average Bonchev–Trinajstić information content (AvgIpc) is 2.90. The van der Waals surface area contributed by atoms with Crippen molar-refractivity contribution in [2.45, 2.75) is 37.8 Å². The van der Waals surface area contributed by atoms with Crippen molar-refractivity contribution in [1.82, 2.24) is 10.2 Å². The number of likely N-dealkylation sites (N-methyl/N-ethyl adjacent to an activating group) is 1. The monoisotopic (exact) mass is 561 g/mol. The van der Waals surface area contributed by atoms with E-state index in [9.17, 15) is 18.0 Å².